The zero-order valence-electron chi connectivity index (χ0n) is 14.2. The molecule has 128 valence electrons. The monoisotopic (exact) mass is 323 g/mol. The molecule has 23 heavy (non-hydrogen) atoms. The molecule has 1 aliphatic heterocycles. The molecule has 0 spiro atoms. The van der Waals surface area contributed by atoms with Crippen LogP contribution >= 0.6 is 0 Å². The van der Waals surface area contributed by atoms with Crippen molar-refractivity contribution in [2.45, 2.75) is 39.3 Å². The van der Waals surface area contributed by atoms with Crippen LogP contribution in [0.5, 0.6) is 11.5 Å². The zero-order valence-corrected chi connectivity index (χ0v) is 14.2. The van der Waals surface area contributed by atoms with Gasteiger partial charge in [0.05, 0.1) is 18.8 Å². The Balaban J connectivity index is 1.93. The van der Waals surface area contributed by atoms with Crippen molar-refractivity contribution in [2.75, 3.05) is 26.6 Å². The van der Waals surface area contributed by atoms with E-state index < -0.39 is 11.6 Å². The second-order valence-electron chi connectivity index (χ2n) is 5.89. The lowest BCUT2D eigenvalue weighted by atomic mass is 9.93. The lowest BCUT2D eigenvalue weighted by Crippen LogP contribution is -2.46. The molecular formula is C17H25NO5. The molecule has 0 saturated carbocycles. The van der Waals surface area contributed by atoms with E-state index in [4.69, 9.17) is 18.9 Å². The predicted octanol–water partition coefficient (Wildman–Crippen LogP) is 2.21. The van der Waals surface area contributed by atoms with Crippen molar-refractivity contribution in [1.82, 2.24) is 5.32 Å². The van der Waals surface area contributed by atoms with E-state index in [1.165, 1.54) is 0 Å². The maximum absolute atomic E-state index is 12.3. The third-order valence-corrected chi connectivity index (χ3v) is 3.70. The van der Waals surface area contributed by atoms with E-state index in [0.29, 0.717) is 25.6 Å². The Morgan fingerprint density at radius 2 is 2.04 bits per heavy atom. The Morgan fingerprint density at radius 1 is 1.30 bits per heavy atom. The predicted molar refractivity (Wildman–Crippen MR) is 85.6 cm³/mol. The second kappa shape index (κ2) is 7.66. The summed E-state index contributed by atoms with van der Waals surface area (Å²) in [6.07, 6.45) is -0.538. The minimum absolute atomic E-state index is 0.163. The summed E-state index contributed by atoms with van der Waals surface area (Å²) in [6.45, 7) is 9.29. The summed E-state index contributed by atoms with van der Waals surface area (Å²) in [5, 5.41) is 3.00. The number of hydrogen-bond acceptors (Lipinski definition) is 5. The van der Waals surface area contributed by atoms with Gasteiger partial charge in [-0.15, -0.1) is 0 Å². The fourth-order valence-electron chi connectivity index (χ4n) is 2.27. The summed E-state index contributed by atoms with van der Waals surface area (Å²) in [4.78, 5) is 12.3. The third-order valence-electron chi connectivity index (χ3n) is 3.70. The van der Waals surface area contributed by atoms with Crippen LogP contribution in [0.3, 0.4) is 0 Å². The third kappa shape index (κ3) is 4.59. The molecule has 1 N–H and O–H groups in total. The topological polar surface area (TPSA) is 66.0 Å². The van der Waals surface area contributed by atoms with E-state index in [1.54, 1.807) is 6.92 Å². The van der Waals surface area contributed by atoms with Crippen LogP contribution in [-0.4, -0.2) is 38.6 Å². The highest BCUT2D eigenvalue weighted by molar-refractivity contribution is 5.81. The molecule has 1 aromatic carbocycles. The van der Waals surface area contributed by atoms with Gasteiger partial charge >= 0.3 is 0 Å². The van der Waals surface area contributed by atoms with Crippen molar-refractivity contribution in [3.8, 4) is 11.5 Å². The normalized spacial score (nSPS) is 14.6. The molecule has 1 aromatic rings. The summed E-state index contributed by atoms with van der Waals surface area (Å²) in [5.41, 5.74) is 0.395. The number of rotatable bonds is 8. The van der Waals surface area contributed by atoms with Gasteiger partial charge in [0.2, 0.25) is 12.7 Å². The summed E-state index contributed by atoms with van der Waals surface area (Å²) >= 11 is 0. The van der Waals surface area contributed by atoms with Crippen molar-refractivity contribution in [3.63, 3.8) is 0 Å². The van der Waals surface area contributed by atoms with Crippen LogP contribution in [0.15, 0.2) is 18.2 Å². The van der Waals surface area contributed by atoms with Crippen molar-refractivity contribution >= 4 is 5.91 Å². The first kappa shape index (κ1) is 17.6. The van der Waals surface area contributed by atoms with Crippen molar-refractivity contribution < 1.29 is 23.7 Å². The quantitative estimate of drug-likeness (QED) is 0.743. The van der Waals surface area contributed by atoms with Gasteiger partial charge in [-0.05, 0) is 45.4 Å². The number of amides is 1. The fraction of sp³-hybridized carbons (Fsp3) is 0.588. The molecule has 0 aromatic heterocycles. The molecule has 6 heteroatoms. The molecule has 0 aliphatic carbocycles. The fourth-order valence-corrected chi connectivity index (χ4v) is 2.27. The lowest BCUT2D eigenvalue weighted by molar-refractivity contribution is -0.134. The molecule has 1 atom stereocenters. The minimum Gasteiger partial charge on any atom is -0.454 e. The number of carbonyl (C=O) groups is 1. The summed E-state index contributed by atoms with van der Waals surface area (Å²) in [7, 11) is 0. The van der Waals surface area contributed by atoms with E-state index in [-0.39, 0.29) is 12.7 Å². The Bertz CT molecular complexity index is 544. The number of nitrogens with one attached hydrogen (secondary N) is 1. The number of hydrogen-bond donors (Lipinski definition) is 1. The van der Waals surface area contributed by atoms with Crippen molar-refractivity contribution in [2.24, 2.45) is 0 Å². The van der Waals surface area contributed by atoms with Gasteiger partial charge < -0.3 is 24.3 Å². The first-order valence-corrected chi connectivity index (χ1v) is 7.85. The average Bonchev–Trinajstić information content (AvgIpc) is 2.98. The van der Waals surface area contributed by atoms with Crippen LogP contribution in [-0.2, 0) is 19.8 Å². The van der Waals surface area contributed by atoms with E-state index in [1.807, 2.05) is 39.0 Å². The van der Waals surface area contributed by atoms with E-state index in [9.17, 15) is 4.79 Å². The van der Waals surface area contributed by atoms with Crippen LogP contribution in [0.25, 0.3) is 0 Å². The molecule has 1 heterocycles. The van der Waals surface area contributed by atoms with Crippen LogP contribution < -0.4 is 14.8 Å². The zero-order chi connectivity index (χ0) is 16.9. The summed E-state index contributed by atoms with van der Waals surface area (Å²) in [6, 6.07) is 5.67. The van der Waals surface area contributed by atoms with Gasteiger partial charge in [-0.1, -0.05) is 6.07 Å². The Morgan fingerprint density at radius 3 is 2.78 bits per heavy atom. The first-order valence-electron chi connectivity index (χ1n) is 7.85. The Kier molecular flexibility index (Phi) is 5.85. The lowest BCUT2D eigenvalue weighted by Gasteiger charge is -2.28. The largest absolute Gasteiger partial charge is 0.454 e. The second-order valence-corrected chi connectivity index (χ2v) is 5.89. The maximum atomic E-state index is 12.3. The highest BCUT2D eigenvalue weighted by Gasteiger charge is 2.27. The van der Waals surface area contributed by atoms with Crippen molar-refractivity contribution in [3.05, 3.63) is 23.8 Å². The van der Waals surface area contributed by atoms with E-state index in [0.717, 1.165) is 11.3 Å². The van der Waals surface area contributed by atoms with Crippen LogP contribution in [0.4, 0.5) is 0 Å². The molecule has 6 nitrogen and oxygen atoms in total. The molecule has 0 saturated heterocycles. The number of fused-ring (bicyclic) bond motifs is 1. The molecule has 0 radical (unpaired) electrons. The van der Waals surface area contributed by atoms with Crippen molar-refractivity contribution in [1.29, 1.82) is 0 Å². The van der Waals surface area contributed by atoms with Gasteiger partial charge in [0.25, 0.3) is 0 Å². The van der Waals surface area contributed by atoms with E-state index in [2.05, 4.69) is 5.32 Å². The maximum Gasteiger partial charge on any atom is 0.249 e. The minimum atomic E-state index is -0.546. The molecule has 1 amide bonds. The Hall–Kier alpha value is -1.79. The molecule has 0 fully saturated rings. The SMILES string of the molecule is CCOCCO[C@H](C)C(=O)NC(C)(C)c1ccc2c(c1)OCO2. The average molecular weight is 323 g/mol. The van der Waals surface area contributed by atoms with Gasteiger partial charge in [0, 0.05) is 6.61 Å². The van der Waals surface area contributed by atoms with Crippen LogP contribution in [0.1, 0.15) is 33.3 Å². The summed E-state index contributed by atoms with van der Waals surface area (Å²) in [5.74, 6) is 1.26. The number of benzene rings is 1. The summed E-state index contributed by atoms with van der Waals surface area (Å²) < 4.78 is 21.4. The Labute approximate surface area is 137 Å². The molecule has 0 bridgehead atoms. The first-order chi connectivity index (χ1) is 10.9. The molecule has 0 unspecified atom stereocenters. The van der Waals surface area contributed by atoms with E-state index >= 15 is 0 Å². The molecule has 2 rings (SSSR count). The number of ether oxygens (including phenoxy) is 4. The van der Waals surface area contributed by atoms with Gasteiger partial charge in [0.1, 0.15) is 6.10 Å². The molecule has 1 aliphatic rings. The highest BCUT2D eigenvalue weighted by Crippen LogP contribution is 2.35. The highest BCUT2D eigenvalue weighted by atomic mass is 16.7. The molecular weight excluding hydrogens is 298 g/mol. The standard InChI is InChI=1S/C17H25NO5/c1-5-20-8-9-21-12(2)16(19)18-17(3,4)13-6-7-14-15(10-13)23-11-22-14/h6-7,10,12H,5,8-9,11H2,1-4H3,(H,18,19)/t12-/m1/s1. The smallest absolute Gasteiger partial charge is 0.249 e. The van der Waals surface area contributed by atoms with Gasteiger partial charge in [0.15, 0.2) is 11.5 Å². The van der Waals surface area contributed by atoms with Gasteiger partial charge in [-0.3, -0.25) is 4.79 Å². The number of carbonyl (C=O) groups excluding carboxylic acids is 1. The van der Waals surface area contributed by atoms with Gasteiger partial charge in [-0.2, -0.15) is 0 Å². The van der Waals surface area contributed by atoms with Crippen LogP contribution in [0.2, 0.25) is 0 Å². The van der Waals surface area contributed by atoms with Crippen LogP contribution in [0, 0.1) is 0 Å². The van der Waals surface area contributed by atoms with Gasteiger partial charge in [-0.25, -0.2) is 0 Å².